The standard InChI is InChI=1S/C14H13Cl2N3O/c15-9-5-6-13-11(7-9)14(20,19(17)8-18-13)10-3-1-2-4-12(10)16/h1-7,18,20H,8,17H2. The van der Waals surface area contributed by atoms with Crippen LogP contribution in [0.25, 0.3) is 0 Å². The Bertz CT molecular complexity index is 665. The Kier molecular flexibility index (Phi) is 3.36. The van der Waals surface area contributed by atoms with Gasteiger partial charge >= 0.3 is 0 Å². The molecule has 3 rings (SSSR count). The van der Waals surface area contributed by atoms with Crippen LogP contribution in [0, 0.1) is 0 Å². The Balaban J connectivity index is 2.27. The van der Waals surface area contributed by atoms with Crippen LogP contribution in [0.2, 0.25) is 10.0 Å². The predicted octanol–water partition coefficient (Wildman–Crippen LogP) is 2.75. The molecule has 0 aliphatic carbocycles. The van der Waals surface area contributed by atoms with Crippen molar-refractivity contribution in [3.8, 4) is 0 Å². The van der Waals surface area contributed by atoms with Crippen molar-refractivity contribution in [2.75, 3.05) is 12.0 Å². The molecule has 2 aromatic carbocycles. The van der Waals surface area contributed by atoms with E-state index in [-0.39, 0.29) is 6.67 Å². The van der Waals surface area contributed by atoms with Crippen molar-refractivity contribution < 1.29 is 5.11 Å². The number of halogens is 2. The van der Waals surface area contributed by atoms with E-state index in [1.807, 2.05) is 6.07 Å². The Morgan fingerprint density at radius 1 is 1.15 bits per heavy atom. The van der Waals surface area contributed by atoms with Gasteiger partial charge in [-0.1, -0.05) is 41.4 Å². The summed E-state index contributed by atoms with van der Waals surface area (Å²) in [5.74, 6) is 6.00. The number of rotatable bonds is 1. The van der Waals surface area contributed by atoms with Crippen LogP contribution < -0.4 is 11.2 Å². The molecule has 0 aromatic heterocycles. The van der Waals surface area contributed by atoms with Crippen LogP contribution >= 0.6 is 23.2 Å². The van der Waals surface area contributed by atoms with Crippen LogP contribution in [0.15, 0.2) is 42.5 Å². The maximum Gasteiger partial charge on any atom is 0.188 e. The Labute approximate surface area is 126 Å². The molecule has 0 saturated carbocycles. The van der Waals surface area contributed by atoms with Crippen molar-refractivity contribution in [3.05, 3.63) is 63.6 Å². The number of hydrogen-bond donors (Lipinski definition) is 3. The average Bonchev–Trinajstić information content (AvgIpc) is 2.44. The van der Waals surface area contributed by atoms with Crippen molar-refractivity contribution in [2.24, 2.45) is 5.84 Å². The minimum atomic E-state index is -1.52. The fourth-order valence-corrected chi connectivity index (χ4v) is 2.88. The highest BCUT2D eigenvalue weighted by Gasteiger charge is 2.43. The van der Waals surface area contributed by atoms with Crippen molar-refractivity contribution >= 4 is 28.9 Å². The lowest BCUT2D eigenvalue weighted by Crippen LogP contribution is -2.56. The minimum absolute atomic E-state index is 0.288. The lowest BCUT2D eigenvalue weighted by Gasteiger charge is -2.42. The molecule has 4 nitrogen and oxygen atoms in total. The van der Waals surface area contributed by atoms with Crippen molar-refractivity contribution in [1.29, 1.82) is 0 Å². The fraction of sp³-hybridized carbons (Fsp3) is 0.143. The van der Waals surface area contributed by atoms with Crippen LogP contribution in [0.3, 0.4) is 0 Å². The first-order valence-electron chi connectivity index (χ1n) is 6.07. The number of hydrazine groups is 1. The predicted molar refractivity (Wildman–Crippen MR) is 80.4 cm³/mol. The van der Waals surface area contributed by atoms with Gasteiger partial charge in [-0.15, -0.1) is 0 Å². The first-order chi connectivity index (χ1) is 9.53. The molecule has 6 heteroatoms. The van der Waals surface area contributed by atoms with E-state index < -0.39 is 5.72 Å². The van der Waals surface area contributed by atoms with Crippen LogP contribution in [0.1, 0.15) is 11.1 Å². The number of fused-ring (bicyclic) bond motifs is 1. The van der Waals surface area contributed by atoms with Gasteiger partial charge in [0.1, 0.15) is 0 Å². The summed E-state index contributed by atoms with van der Waals surface area (Å²) in [6, 6.07) is 12.3. The van der Waals surface area contributed by atoms with Gasteiger partial charge in [0.2, 0.25) is 0 Å². The molecule has 2 aromatic rings. The molecule has 0 radical (unpaired) electrons. The smallest absolute Gasteiger partial charge is 0.188 e. The fourth-order valence-electron chi connectivity index (χ4n) is 2.44. The molecule has 0 saturated heterocycles. The number of nitrogens with two attached hydrogens (primary N) is 1. The van der Waals surface area contributed by atoms with Gasteiger partial charge in [-0.2, -0.15) is 5.01 Å². The van der Waals surface area contributed by atoms with Gasteiger partial charge < -0.3 is 10.4 Å². The molecule has 0 fully saturated rings. The quantitative estimate of drug-likeness (QED) is 0.709. The molecular formula is C14H13Cl2N3O. The third-order valence-electron chi connectivity index (χ3n) is 3.46. The Morgan fingerprint density at radius 3 is 2.65 bits per heavy atom. The normalized spacial score (nSPS) is 22.2. The molecular weight excluding hydrogens is 297 g/mol. The Hall–Kier alpha value is -1.30. The van der Waals surface area contributed by atoms with Gasteiger partial charge in [-0.25, -0.2) is 0 Å². The van der Waals surface area contributed by atoms with Gasteiger partial charge in [0, 0.05) is 26.9 Å². The second-order valence-electron chi connectivity index (χ2n) is 4.65. The summed E-state index contributed by atoms with van der Waals surface area (Å²) in [4.78, 5) is 0. The third kappa shape index (κ3) is 1.97. The molecule has 104 valence electrons. The zero-order valence-electron chi connectivity index (χ0n) is 10.5. The van der Waals surface area contributed by atoms with Crippen molar-refractivity contribution in [3.63, 3.8) is 0 Å². The van der Waals surface area contributed by atoms with Crippen molar-refractivity contribution in [2.45, 2.75) is 5.72 Å². The van der Waals surface area contributed by atoms with Gasteiger partial charge in [-0.05, 0) is 24.3 Å². The molecule has 1 unspecified atom stereocenters. The van der Waals surface area contributed by atoms with E-state index in [0.717, 1.165) is 5.69 Å². The summed E-state index contributed by atoms with van der Waals surface area (Å²) in [5, 5.41) is 16.6. The molecule has 0 bridgehead atoms. The van der Waals surface area contributed by atoms with E-state index in [9.17, 15) is 5.11 Å². The second-order valence-corrected chi connectivity index (χ2v) is 5.49. The van der Waals surface area contributed by atoms with Crippen LogP contribution in [0.4, 0.5) is 5.69 Å². The first-order valence-corrected chi connectivity index (χ1v) is 6.82. The lowest BCUT2D eigenvalue weighted by atomic mass is 9.91. The Morgan fingerprint density at radius 2 is 1.90 bits per heavy atom. The number of hydrogen-bond acceptors (Lipinski definition) is 4. The molecule has 1 aliphatic rings. The second kappa shape index (κ2) is 4.91. The SMILES string of the molecule is NN1CNc2ccc(Cl)cc2C1(O)c1ccccc1Cl. The number of nitrogens with one attached hydrogen (secondary N) is 1. The minimum Gasteiger partial charge on any atom is -0.371 e. The highest BCUT2D eigenvalue weighted by molar-refractivity contribution is 6.31. The van der Waals surface area contributed by atoms with Crippen LogP contribution in [0.5, 0.6) is 0 Å². The summed E-state index contributed by atoms with van der Waals surface area (Å²) in [6.45, 7) is 0.288. The molecule has 1 atom stereocenters. The van der Waals surface area contributed by atoms with Crippen LogP contribution in [-0.4, -0.2) is 16.8 Å². The monoisotopic (exact) mass is 309 g/mol. The van der Waals surface area contributed by atoms with Gasteiger partial charge in [0.15, 0.2) is 5.72 Å². The molecule has 1 aliphatic heterocycles. The molecule has 20 heavy (non-hydrogen) atoms. The number of anilines is 1. The van der Waals surface area contributed by atoms with E-state index in [1.165, 1.54) is 5.01 Å². The number of benzene rings is 2. The highest BCUT2D eigenvalue weighted by Crippen LogP contribution is 2.42. The highest BCUT2D eigenvalue weighted by atomic mass is 35.5. The van der Waals surface area contributed by atoms with Gasteiger partial charge in [0.25, 0.3) is 0 Å². The molecule has 4 N–H and O–H groups in total. The molecule has 0 spiro atoms. The summed E-state index contributed by atoms with van der Waals surface area (Å²) in [5.41, 5.74) is 0.351. The summed E-state index contributed by atoms with van der Waals surface area (Å²) in [6.07, 6.45) is 0. The first kappa shape index (κ1) is 13.7. The molecule has 0 amide bonds. The maximum absolute atomic E-state index is 11.2. The number of aliphatic hydroxyl groups is 1. The van der Waals surface area contributed by atoms with E-state index in [2.05, 4.69) is 5.32 Å². The topological polar surface area (TPSA) is 61.5 Å². The summed E-state index contributed by atoms with van der Waals surface area (Å²) in [7, 11) is 0. The van der Waals surface area contributed by atoms with E-state index in [0.29, 0.717) is 21.2 Å². The van der Waals surface area contributed by atoms with E-state index >= 15 is 0 Å². The summed E-state index contributed by atoms with van der Waals surface area (Å²) >= 11 is 12.3. The number of nitrogens with zero attached hydrogens (tertiary/aromatic N) is 1. The average molecular weight is 310 g/mol. The lowest BCUT2D eigenvalue weighted by molar-refractivity contribution is -0.0828. The van der Waals surface area contributed by atoms with Gasteiger partial charge in [0.05, 0.1) is 6.67 Å². The maximum atomic E-state index is 11.2. The zero-order chi connectivity index (χ0) is 14.3. The summed E-state index contributed by atoms with van der Waals surface area (Å²) < 4.78 is 0. The van der Waals surface area contributed by atoms with Crippen LogP contribution in [-0.2, 0) is 5.72 Å². The van der Waals surface area contributed by atoms with Gasteiger partial charge in [-0.3, -0.25) is 5.84 Å². The third-order valence-corrected chi connectivity index (χ3v) is 4.03. The zero-order valence-corrected chi connectivity index (χ0v) is 12.0. The van der Waals surface area contributed by atoms with E-state index in [1.54, 1.807) is 36.4 Å². The largest absolute Gasteiger partial charge is 0.371 e. The molecule has 1 heterocycles. The van der Waals surface area contributed by atoms with E-state index in [4.69, 9.17) is 29.0 Å². The van der Waals surface area contributed by atoms with Crippen molar-refractivity contribution in [1.82, 2.24) is 5.01 Å².